The summed E-state index contributed by atoms with van der Waals surface area (Å²) in [5.74, 6) is -0.789. The van der Waals surface area contributed by atoms with Crippen LogP contribution in [0, 0.1) is 0 Å². The molecule has 1 saturated heterocycles. The molecule has 1 heterocycles. The van der Waals surface area contributed by atoms with Crippen LogP contribution >= 0.6 is 23.2 Å². The molecular formula is C13H16Cl2CsNO3. The molecule has 0 bridgehead atoms. The van der Waals surface area contributed by atoms with Gasteiger partial charge >= 0.3 is 74.9 Å². The van der Waals surface area contributed by atoms with Gasteiger partial charge < -0.3 is 11.3 Å². The first-order valence-corrected chi connectivity index (χ1v) is 6.91. The quantitative estimate of drug-likeness (QED) is 0.719. The summed E-state index contributed by atoms with van der Waals surface area (Å²) in [7, 11) is 0. The third kappa shape index (κ3) is 5.07. The van der Waals surface area contributed by atoms with Gasteiger partial charge in [0.2, 0.25) is 0 Å². The Morgan fingerprint density at radius 2 is 2.00 bits per heavy atom. The summed E-state index contributed by atoms with van der Waals surface area (Å²) >= 11 is 11.8. The third-order valence-electron chi connectivity index (χ3n) is 3.13. The maximum Gasteiger partial charge on any atom is 1.00 e. The van der Waals surface area contributed by atoms with Crippen molar-refractivity contribution in [1.29, 1.82) is 0 Å². The van der Waals surface area contributed by atoms with Gasteiger partial charge in [0.1, 0.15) is 17.9 Å². The maximum absolute atomic E-state index is 11.0. The van der Waals surface area contributed by atoms with Crippen LogP contribution in [0.3, 0.4) is 0 Å². The van der Waals surface area contributed by atoms with Crippen molar-refractivity contribution in [2.45, 2.75) is 12.8 Å². The molecule has 1 aliphatic heterocycles. The Balaban J connectivity index is 0.00000200. The standard InChI is InChI=1S/C13H15Cl2NO3.Cs.H/c14-9-3-4-10(12(15)11(9)13(17)18)19-8-7-16-5-1-2-6-16;;/h3-4H,1-2,5-8H2,(H,17,18);;/q;+1;-1. The summed E-state index contributed by atoms with van der Waals surface area (Å²) in [4.78, 5) is 13.4. The fourth-order valence-corrected chi connectivity index (χ4v) is 2.72. The summed E-state index contributed by atoms with van der Waals surface area (Å²) in [6.07, 6.45) is 2.45. The summed E-state index contributed by atoms with van der Waals surface area (Å²) in [5.41, 5.74) is -0.109. The number of benzene rings is 1. The number of halogens is 2. The van der Waals surface area contributed by atoms with E-state index < -0.39 is 5.97 Å². The smallest absolute Gasteiger partial charge is 1.00 e. The van der Waals surface area contributed by atoms with Crippen molar-refractivity contribution in [3.63, 3.8) is 0 Å². The van der Waals surface area contributed by atoms with Gasteiger partial charge in [-0.3, -0.25) is 4.90 Å². The average molecular weight is 438 g/mol. The summed E-state index contributed by atoms with van der Waals surface area (Å²) in [6.45, 7) is 3.50. The predicted molar refractivity (Wildman–Crippen MR) is 75.7 cm³/mol. The minimum atomic E-state index is -1.15. The molecule has 7 heteroatoms. The predicted octanol–water partition coefficient (Wildman–Crippen LogP) is 0.283. The van der Waals surface area contributed by atoms with Crippen molar-refractivity contribution in [1.82, 2.24) is 4.90 Å². The van der Waals surface area contributed by atoms with E-state index in [-0.39, 0.29) is 85.9 Å². The fraction of sp³-hybridized carbons (Fsp3) is 0.462. The van der Waals surface area contributed by atoms with Crippen LogP contribution in [0.25, 0.3) is 0 Å². The second-order valence-electron chi connectivity index (χ2n) is 4.44. The molecule has 1 N–H and O–H groups in total. The molecular weight excluding hydrogens is 422 g/mol. The minimum Gasteiger partial charge on any atom is -1.00 e. The van der Waals surface area contributed by atoms with E-state index in [0.29, 0.717) is 12.4 Å². The Hall–Kier alpha value is 1.08. The molecule has 0 aromatic heterocycles. The number of nitrogens with zero attached hydrogens (tertiary/aromatic N) is 1. The van der Waals surface area contributed by atoms with Gasteiger partial charge in [-0.1, -0.05) is 23.2 Å². The molecule has 0 unspecified atom stereocenters. The largest absolute Gasteiger partial charge is 1.00 e. The Bertz CT molecular complexity index is 485. The number of rotatable bonds is 5. The molecule has 1 fully saturated rings. The van der Waals surface area contributed by atoms with Crippen LogP contribution in [-0.2, 0) is 0 Å². The van der Waals surface area contributed by atoms with E-state index >= 15 is 0 Å². The van der Waals surface area contributed by atoms with Crippen molar-refractivity contribution in [3.05, 3.63) is 27.7 Å². The van der Waals surface area contributed by atoms with E-state index in [1.165, 1.54) is 18.9 Å². The summed E-state index contributed by atoms with van der Waals surface area (Å²) in [6, 6.07) is 3.09. The van der Waals surface area contributed by atoms with E-state index in [1.54, 1.807) is 6.07 Å². The second kappa shape index (κ2) is 9.27. The van der Waals surface area contributed by atoms with Crippen molar-refractivity contribution in [2.75, 3.05) is 26.2 Å². The molecule has 0 aliphatic carbocycles. The Morgan fingerprint density at radius 1 is 1.35 bits per heavy atom. The van der Waals surface area contributed by atoms with E-state index in [2.05, 4.69) is 4.90 Å². The molecule has 4 nitrogen and oxygen atoms in total. The molecule has 0 radical (unpaired) electrons. The SMILES string of the molecule is O=C(O)c1c(Cl)ccc(OCCN2CCCC2)c1Cl.[Cs+].[H-]. The van der Waals surface area contributed by atoms with E-state index in [4.69, 9.17) is 33.0 Å². The van der Waals surface area contributed by atoms with E-state index in [0.717, 1.165) is 19.6 Å². The Morgan fingerprint density at radius 3 is 2.60 bits per heavy atom. The maximum atomic E-state index is 11.0. The number of carboxylic acid groups (broad SMARTS) is 1. The summed E-state index contributed by atoms with van der Waals surface area (Å²) < 4.78 is 5.55. The van der Waals surface area contributed by atoms with E-state index in [1.807, 2.05) is 0 Å². The summed E-state index contributed by atoms with van der Waals surface area (Å²) in [5, 5.41) is 9.21. The zero-order valence-electron chi connectivity index (χ0n) is 12.4. The second-order valence-corrected chi connectivity index (χ2v) is 5.22. The molecule has 106 valence electrons. The Kier molecular flexibility index (Phi) is 8.87. The first-order chi connectivity index (χ1) is 9.09. The van der Waals surface area contributed by atoms with Crippen molar-refractivity contribution in [2.24, 2.45) is 0 Å². The molecule has 0 spiro atoms. The molecule has 2 rings (SSSR count). The van der Waals surface area contributed by atoms with Gasteiger partial charge in [0.15, 0.2) is 0 Å². The number of carbonyl (C=O) groups is 1. The fourth-order valence-electron chi connectivity index (χ4n) is 2.13. The van der Waals surface area contributed by atoms with Gasteiger partial charge in [0.25, 0.3) is 0 Å². The van der Waals surface area contributed by atoms with Crippen molar-refractivity contribution >= 4 is 29.2 Å². The normalized spacial score (nSPS) is 14.9. The number of hydrogen-bond acceptors (Lipinski definition) is 3. The zero-order chi connectivity index (χ0) is 13.8. The van der Waals surface area contributed by atoms with Crippen LogP contribution in [-0.4, -0.2) is 42.2 Å². The molecule has 20 heavy (non-hydrogen) atoms. The third-order valence-corrected chi connectivity index (χ3v) is 3.82. The first-order valence-electron chi connectivity index (χ1n) is 6.16. The minimum absolute atomic E-state index is 0. The van der Waals surface area contributed by atoms with E-state index in [9.17, 15) is 4.79 Å². The van der Waals surface area contributed by atoms with Crippen molar-refractivity contribution in [3.8, 4) is 5.75 Å². The number of carboxylic acids is 1. The molecule has 1 aliphatic rings. The zero-order valence-corrected chi connectivity index (χ0v) is 19.2. The number of hydrogen-bond donors (Lipinski definition) is 1. The monoisotopic (exact) mass is 437 g/mol. The number of ether oxygens (including phenoxy) is 1. The number of aromatic carboxylic acids is 1. The van der Waals surface area contributed by atoms with Crippen LogP contribution < -0.4 is 73.6 Å². The number of likely N-dealkylation sites (tertiary alicyclic amines) is 1. The Labute approximate surface area is 188 Å². The van der Waals surface area contributed by atoms with Gasteiger partial charge in [-0.25, -0.2) is 4.79 Å². The van der Waals surface area contributed by atoms with Gasteiger partial charge in [0, 0.05) is 6.54 Å². The van der Waals surface area contributed by atoms with Gasteiger partial charge in [-0.05, 0) is 38.1 Å². The van der Waals surface area contributed by atoms with Crippen LogP contribution in [0.1, 0.15) is 24.6 Å². The van der Waals surface area contributed by atoms with Crippen LogP contribution in [0.15, 0.2) is 12.1 Å². The van der Waals surface area contributed by atoms with Crippen LogP contribution in [0.4, 0.5) is 0 Å². The van der Waals surface area contributed by atoms with Gasteiger partial charge in [-0.15, -0.1) is 0 Å². The van der Waals surface area contributed by atoms with Crippen LogP contribution in [0.2, 0.25) is 10.0 Å². The van der Waals surface area contributed by atoms with Gasteiger partial charge in [-0.2, -0.15) is 0 Å². The average Bonchev–Trinajstić information content (AvgIpc) is 2.85. The topological polar surface area (TPSA) is 49.8 Å². The molecule has 1 aromatic carbocycles. The van der Waals surface area contributed by atoms with Gasteiger partial charge in [0.05, 0.1) is 10.0 Å². The van der Waals surface area contributed by atoms with Crippen molar-refractivity contribution < 1.29 is 85.0 Å². The molecule has 0 atom stereocenters. The first kappa shape index (κ1) is 19.1. The van der Waals surface area contributed by atoms with Crippen LogP contribution in [0.5, 0.6) is 5.75 Å². The molecule has 0 saturated carbocycles. The molecule has 0 amide bonds. The molecule has 1 aromatic rings.